The van der Waals surface area contributed by atoms with Gasteiger partial charge in [0.15, 0.2) is 0 Å². The first-order valence-corrected chi connectivity index (χ1v) is 8.56. The molecule has 6 nitrogen and oxygen atoms in total. The summed E-state index contributed by atoms with van der Waals surface area (Å²) in [6, 6.07) is 14.6. The van der Waals surface area contributed by atoms with Crippen LogP contribution in [0.1, 0.15) is 31.0 Å². The summed E-state index contributed by atoms with van der Waals surface area (Å²) in [7, 11) is 0. The Bertz CT molecular complexity index is 948. The molecule has 0 aliphatic heterocycles. The zero-order valence-electron chi connectivity index (χ0n) is 15.0. The van der Waals surface area contributed by atoms with Gasteiger partial charge in [-0.15, -0.1) is 5.10 Å². The topological polar surface area (TPSA) is 74.1 Å². The number of aromatic nitrogens is 3. The van der Waals surface area contributed by atoms with E-state index >= 15 is 0 Å². The molecule has 0 aliphatic carbocycles. The number of hydrogen-bond acceptors (Lipinski definition) is 5. The number of carbonyl (C=O) groups excluding carboxylic acids is 2. The first kappa shape index (κ1) is 17.8. The average Bonchev–Trinajstić information content (AvgIpc) is 3.03. The molecule has 26 heavy (non-hydrogen) atoms. The Morgan fingerprint density at radius 2 is 1.92 bits per heavy atom. The summed E-state index contributed by atoms with van der Waals surface area (Å²) in [6.45, 7) is 5.31. The SMILES string of the molecule is CCOC(=O)C(C(C)=O)C(c1cccc(C)c1)n1nnc2ccccc21. The fraction of sp³-hybridized carbons (Fsp3) is 0.300. The van der Waals surface area contributed by atoms with E-state index in [1.807, 2.05) is 55.5 Å². The second-order valence-electron chi connectivity index (χ2n) is 6.22. The number of rotatable bonds is 6. The molecule has 0 amide bonds. The monoisotopic (exact) mass is 351 g/mol. The van der Waals surface area contributed by atoms with Crippen LogP contribution in [0.3, 0.4) is 0 Å². The van der Waals surface area contributed by atoms with Gasteiger partial charge >= 0.3 is 5.97 Å². The van der Waals surface area contributed by atoms with Crippen LogP contribution in [-0.4, -0.2) is 33.4 Å². The molecule has 1 heterocycles. The Morgan fingerprint density at radius 3 is 2.62 bits per heavy atom. The van der Waals surface area contributed by atoms with Crippen molar-refractivity contribution in [3.05, 3.63) is 59.7 Å². The van der Waals surface area contributed by atoms with Gasteiger partial charge in [-0.1, -0.05) is 47.2 Å². The molecule has 2 aromatic carbocycles. The molecule has 0 bridgehead atoms. The molecule has 0 fully saturated rings. The maximum absolute atomic E-state index is 12.6. The van der Waals surface area contributed by atoms with Gasteiger partial charge in [0.2, 0.25) is 0 Å². The zero-order chi connectivity index (χ0) is 18.7. The lowest BCUT2D eigenvalue weighted by molar-refractivity contribution is -0.152. The molecular weight excluding hydrogens is 330 g/mol. The van der Waals surface area contributed by atoms with E-state index in [2.05, 4.69) is 10.3 Å². The minimum absolute atomic E-state index is 0.210. The van der Waals surface area contributed by atoms with Crippen LogP contribution in [0.15, 0.2) is 48.5 Å². The average molecular weight is 351 g/mol. The number of fused-ring (bicyclic) bond motifs is 1. The lowest BCUT2D eigenvalue weighted by Crippen LogP contribution is -2.34. The van der Waals surface area contributed by atoms with Crippen molar-refractivity contribution in [3.8, 4) is 0 Å². The number of Topliss-reactive ketones (excluding diaryl/α,β-unsaturated/α-hetero) is 1. The van der Waals surface area contributed by atoms with Gasteiger partial charge in [0, 0.05) is 0 Å². The molecule has 0 saturated carbocycles. The molecule has 134 valence electrons. The molecule has 0 saturated heterocycles. The molecule has 1 aromatic heterocycles. The van der Waals surface area contributed by atoms with Gasteiger partial charge in [-0.05, 0) is 38.5 Å². The highest BCUT2D eigenvalue weighted by Crippen LogP contribution is 2.31. The zero-order valence-corrected chi connectivity index (χ0v) is 15.0. The number of benzene rings is 2. The highest BCUT2D eigenvalue weighted by atomic mass is 16.5. The molecule has 0 spiro atoms. The number of ether oxygens (including phenoxy) is 1. The van der Waals surface area contributed by atoms with E-state index in [1.54, 1.807) is 11.6 Å². The van der Waals surface area contributed by atoms with Gasteiger partial charge in [-0.3, -0.25) is 9.59 Å². The molecule has 0 aliphatic rings. The fourth-order valence-electron chi connectivity index (χ4n) is 3.17. The predicted octanol–water partition coefficient (Wildman–Crippen LogP) is 3.10. The number of carbonyl (C=O) groups is 2. The quantitative estimate of drug-likeness (QED) is 0.504. The summed E-state index contributed by atoms with van der Waals surface area (Å²) in [5.41, 5.74) is 3.31. The second kappa shape index (κ2) is 7.47. The lowest BCUT2D eigenvalue weighted by atomic mass is 9.89. The van der Waals surface area contributed by atoms with Crippen LogP contribution in [0.5, 0.6) is 0 Å². The van der Waals surface area contributed by atoms with Crippen LogP contribution in [0.4, 0.5) is 0 Å². The molecule has 0 radical (unpaired) electrons. The van der Waals surface area contributed by atoms with Gasteiger partial charge in [-0.25, -0.2) is 4.68 Å². The van der Waals surface area contributed by atoms with Crippen LogP contribution < -0.4 is 0 Å². The van der Waals surface area contributed by atoms with Crippen LogP contribution >= 0.6 is 0 Å². The van der Waals surface area contributed by atoms with E-state index in [1.165, 1.54) is 6.92 Å². The number of para-hydroxylation sites is 1. The maximum Gasteiger partial charge on any atom is 0.319 e. The van der Waals surface area contributed by atoms with Gasteiger partial charge < -0.3 is 4.74 Å². The molecule has 2 atom stereocenters. The van der Waals surface area contributed by atoms with Gasteiger partial charge in [-0.2, -0.15) is 0 Å². The Balaban J connectivity index is 2.22. The highest BCUT2D eigenvalue weighted by Gasteiger charge is 2.37. The van der Waals surface area contributed by atoms with Crippen molar-refractivity contribution in [2.24, 2.45) is 5.92 Å². The van der Waals surface area contributed by atoms with Crippen molar-refractivity contribution in [2.45, 2.75) is 26.8 Å². The lowest BCUT2D eigenvalue weighted by Gasteiger charge is -2.25. The van der Waals surface area contributed by atoms with Crippen molar-refractivity contribution >= 4 is 22.8 Å². The molecule has 3 rings (SSSR count). The van der Waals surface area contributed by atoms with E-state index < -0.39 is 17.9 Å². The normalized spacial score (nSPS) is 13.3. The van der Waals surface area contributed by atoms with Crippen molar-refractivity contribution in [1.29, 1.82) is 0 Å². The van der Waals surface area contributed by atoms with Crippen LogP contribution in [0.2, 0.25) is 0 Å². The Hall–Kier alpha value is -3.02. The molecule has 6 heteroatoms. The first-order valence-electron chi connectivity index (χ1n) is 8.56. The standard InChI is InChI=1S/C20H21N3O3/c1-4-26-20(25)18(14(3)24)19(15-9-7-8-13(2)12-15)23-17-11-6-5-10-16(17)21-22-23/h5-12,18-19H,4H2,1-3H3. The second-order valence-corrected chi connectivity index (χ2v) is 6.22. The van der Waals surface area contributed by atoms with Crippen LogP contribution in [0, 0.1) is 12.8 Å². The van der Waals surface area contributed by atoms with Crippen molar-refractivity contribution < 1.29 is 14.3 Å². The molecule has 0 N–H and O–H groups in total. The summed E-state index contributed by atoms with van der Waals surface area (Å²) in [4.78, 5) is 25.0. The number of hydrogen-bond donors (Lipinski definition) is 0. The van der Waals surface area contributed by atoms with E-state index in [-0.39, 0.29) is 12.4 Å². The van der Waals surface area contributed by atoms with Crippen LogP contribution in [-0.2, 0) is 14.3 Å². The number of aryl methyl sites for hydroxylation is 1. The summed E-state index contributed by atoms with van der Waals surface area (Å²) < 4.78 is 6.83. The molecule has 2 unspecified atom stereocenters. The van der Waals surface area contributed by atoms with Gasteiger partial charge in [0.25, 0.3) is 0 Å². The smallest absolute Gasteiger partial charge is 0.319 e. The van der Waals surface area contributed by atoms with Crippen molar-refractivity contribution in [2.75, 3.05) is 6.61 Å². The number of ketones is 1. The minimum atomic E-state index is -0.998. The third-order valence-electron chi connectivity index (χ3n) is 4.32. The summed E-state index contributed by atoms with van der Waals surface area (Å²) in [5, 5.41) is 8.44. The highest BCUT2D eigenvalue weighted by molar-refractivity contribution is 5.99. The summed E-state index contributed by atoms with van der Waals surface area (Å²) >= 11 is 0. The third-order valence-corrected chi connectivity index (χ3v) is 4.32. The Labute approximate surface area is 151 Å². The van der Waals surface area contributed by atoms with Crippen LogP contribution in [0.25, 0.3) is 11.0 Å². The molecular formula is C20H21N3O3. The van der Waals surface area contributed by atoms with E-state index in [9.17, 15) is 9.59 Å². The predicted molar refractivity (Wildman–Crippen MR) is 97.7 cm³/mol. The van der Waals surface area contributed by atoms with E-state index in [4.69, 9.17) is 4.74 Å². The number of nitrogens with zero attached hydrogens (tertiary/aromatic N) is 3. The fourth-order valence-corrected chi connectivity index (χ4v) is 3.17. The summed E-state index contributed by atoms with van der Waals surface area (Å²) in [6.07, 6.45) is 0. The largest absolute Gasteiger partial charge is 0.465 e. The Morgan fingerprint density at radius 1 is 1.15 bits per heavy atom. The third kappa shape index (κ3) is 3.35. The van der Waals surface area contributed by atoms with Crippen molar-refractivity contribution in [3.63, 3.8) is 0 Å². The summed E-state index contributed by atoms with van der Waals surface area (Å²) in [5.74, 6) is -1.82. The van der Waals surface area contributed by atoms with E-state index in [0.717, 1.165) is 16.6 Å². The maximum atomic E-state index is 12.6. The van der Waals surface area contributed by atoms with E-state index in [0.29, 0.717) is 5.52 Å². The van der Waals surface area contributed by atoms with Crippen molar-refractivity contribution in [1.82, 2.24) is 15.0 Å². The Kier molecular flexibility index (Phi) is 5.11. The van der Waals surface area contributed by atoms with Gasteiger partial charge in [0.05, 0.1) is 18.2 Å². The minimum Gasteiger partial charge on any atom is -0.465 e. The molecule has 3 aromatic rings. The first-order chi connectivity index (χ1) is 12.5. The number of esters is 1. The van der Waals surface area contributed by atoms with Gasteiger partial charge in [0.1, 0.15) is 17.2 Å².